The number of halogens is 2. The average Bonchev–Trinajstić information content (AvgIpc) is 2.28. The summed E-state index contributed by atoms with van der Waals surface area (Å²) >= 11 is 0. The third-order valence-corrected chi connectivity index (χ3v) is 2.44. The molecule has 1 aromatic carbocycles. The molecule has 18 heavy (non-hydrogen) atoms. The largest absolute Gasteiger partial charge is 0.462 e. The first-order valence-corrected chi connectivity index (χ1v) is 5.83. The maximum absolute atomic E-state index is 13.5. The number of hydrogen-bond acceptors (Lipinski definition) is 3. The van der Waals surface area contributed by atoms with Crippen molar-refractivity contribution in [2.45, 2.75) is 26.7 Å². The number of nitrogens with two attached hydrogens (primary N) is 1. The Bertz CT molecular complexity index is 433. The van der Waals surface area contributed by atoms with Crippen LogP contribution in [0.2, 0.25) is 0 Å². The third kappa shape index (κ3) is 3.98. The molecule has 1 rings (SSSR count). The van der Waals surface area contributed by atoms with Crippen molar-refractivity contribution in [3.05, 3.63) is 29.3 Å². The molecule has 0 heterocycles. The van der Waals surface area contributed by atoms with Gasteiger partial charge in [0.25, 0.3) is 0 Å². The predicted octanol–water partition coefficient (Wildman–Crippen LogP) is 3.14. The number of nitrogen functional groups attached to an aromatic ring is 1. The fourth-order valence-corrected chi connectivity index (χ4v) is 1.49. The van der Waals surface area contributed by atoms with Crippen molar-refractivity contribution in [2.24, 2.45) is 5.92 Å². The van der Waals surface area contributed by atoms with Crippen molar-refractivity contribution in [3.63, 3.8) is 0 Å². The zero-order valence-corrected chi connectivity index (χ0v) is 10.5. The van der Waals surface area contributed by atoms with Crippen molar-refractivity contribution in [1.29, 1.82) is 0 Å². The summed E-state index contributed by atoms with van der Waals surface area (Å²) in [5.41, 5.74) is 4.37. The zero-order chi connectivity index (χ0) is 13.7. The van der Waals surface area contributed by atoms with Crippen molar-refractivity contribution >= 4 is 11.7 Å². The minimum absolute atomic E-state index is 0.187. The van der Waals surface area contributed by atoms with E-state index in [0.717, 1.165) is 18.6 Å². The summed E-state index contributed by atoms with van der Waals surface area (Å²) in [5.74, 6) is -2.08. The van der Waals surface area contributed by atoms with Crippen LogP contribution >= 0.6 is 0 Å². The molecule has 0 aliphatic rings. The van der Waals surface area contributed by atoms with E-state index >= 15 is 0 Å². The number of ether oxygens (including phenoxy) is 1. The van der Waals surface area contributed by atoms with Gasteiger partial charge in [-0.2, -0.15) is 0 Å². The van der Waals surface area contributed by atoms with Gasteiger partial charge in [0, 0.05) is 0 Å². The predicted molar refractivity (Wildman–Crippen MR) is 65.1 cm³/mol. The fraction of sp³-hybridized carbons (Fsp3) is 0.462. The summed E-state index contributed by atoms with van der Waals surface area (Å²) in [5, 5.41) is 0. The topological polar surface area (TPSA) is 52.3 Å². The van der Waals surface area contributed by atoms with E-state index < -0.39 is 28.9 Å². The molecule has 0 radical (unpaired) electrons. The quantitative estimate of drug-likeness (QED) is 0.501. The van der Waals surface area contributed by atoms with Crippen molar-refractivity contribution in [2.75, 3.05) is 12.3 Å². The van der Waals surface area contributed by atoms with Crippen LogP contribution in [0.25, 0.3) is 0 Å². The number of carbonyl (C=O) groups is 1. The van der Waals surface area contributed by atoms with E-state index in [2.05, 4.69) is 13.8 Å². The maximum atomic E-state index is 13.5. The van der Waals surface area contributed by atoms with Crippen LogP contribution < -0.4 is 5.73 Å². The lowest BCUT2D eigenvalue weighted by atomic mass is 10.1. The Morgan fingerprint density at radius 1 is 1.39 bits per heavy atom. The second-order valence-electron chi connectivity index (χ2n) is 4.53. The lowest BCUT2D eigenvalue weighted by Gasteiger charge is -2.08. The number of rotatable bonds is 5. The van der Waals surface area contributed by atoms with Crippen LogP contribution in [-0.4, -0.2) is 12.6 Å². The van der Waals surface area contributed by atoms with Gasteiger partial charge in [0.05, 0.1) is 12.3 Å². The average molecular weight is 257 g/mol. The molecule has 0 unspecified atom stereocenters. The molecule has 0 aliphatic heterocycles. The van der Waals surface area contributed by atoms with Crippen LogP contribution in [0.15, 0.2) is 12.1 Å². The number of carbonyl (C=O) groups excluding carboxylic acids is 1. The maximum Gasteiger partial charge on any atom is 0.341 e. The van der Waals surface area contributed by atoms with Crippen LogP contribution in [0, 0.1) is 17.6 Å². The molecule has 0 amide bonds. The molecule has 0 atom stereocenters. The molecule has 2 N–H and O–H groups in total. The van der Waals surface area contributed by atoms with Crippen LogP contribution in [0.5, 0.6) is 0 Å². The normalized spacial score (nSPS) is 10.7. The molecular weight excluding hydrogens is 240 g/mol. The second-order valence-corrected chi connectivity index (χ2v) is 4.53. The van der Waals surface area contributed by atoms with Gasteiger partial charge in [-0.15, -0.1) is 0 Å². The fourth-order valence-electron chi connectivity index (χ4n) is 1.49. The monoisotopic (exact) mass is 257 g/mol. The Kier molecular flexibility index (Phi) is 5.07. The highest BCUT2D eigenvalue weighted by atomic mass is 19.1. The van der Waals surface area contributed by atoms with Gasteiger partial charge in [-0.3, -0.25) is 0 Å². The van der Waals surface area contributed by atoms with Gasteiger partial charge in [0.1, 0.15) is 11.4 Å². The molecule has 0 saturated heterocycles. The van der Waals surface area contributed by atoms with Gasteiger partial charge < -0.3 is 10.5 Å². The minimum Gasteiger partial charge on any atom is -0.462 e. The summed E-state index contributed by atoms with van der Waals surface area (Å²) in [4.78, 5) is 11.5. The number of anilines is 1. The Morgan fingerprint density at radius 2 is 2.06 bits per heavy atom. The number of esters is 1. The standard InChI is InChI=1S/C13H17F2NO2/c1-8(2)4-3-5-18-13(17)10-6-9(14)7-11(16)12(10)15/h6-8H,3-5,16H2,1-2H3. The summed E-state index contributed by atoms with van der Waals surface area (Å²) in [6, 6.07) is 1.61. The van der Waals surface area contributed by atoms with Gasteiger partial charge in [0.15, 0.2) is 5.82 Å². The molecule has 0 spiro atoms. The summed E-state index contributed by atoms with van der Waals surface area (Å²) in [7, 11) is 0. The van der Waals surface area contributed by atoms with Crippen molar-refractivity contribution < 1.29 is 18.3 Å². The number of benzene rings is 1. The molecule has 0 aromatic heterocycles. The van der Waals surface area contributed by atoms with Gasteiger partial charge in [-0.25, -0.2) is 13.6 Å². The molecule has 0 bridgehead atoms. The Balaban J connectivity index is 2.62. The zero-order valence-electron chi connectivity index (χ0n) is 10.5. The molecule has 100 valence electrons. The van der Waals surface area contributed by atoms with E-state index in [0.29, 0.717) is 12.3 Å². The smallest absolute Gasteiger partial charge is 0.341 e. The van der Waals surface area contributed by atoms with E-state index in [9.17, 15) is 13.6 Å². The van der Waals surface area contributed by atoms with Crippen LogP contribution in [0.3, 0.4) is 0 Å². The first-order chi connectivity index (χ1) is 8.41. The minimum atomic E-state index is -0.940. The van der Waals surface area contributed by atoms with Gasteiger partial charge >= 0.3 is 5.97 Å². The highest BCUT2D eigenvalue weighted by Crippen LogP contribution is 2.18. The molecule has 0 fully saturated rings. The number of hydrogen-bond donors (Lipinski definition) is 1. The Labute approximate surface area is 105 Å². The molecular formula is C13H17F2NO2. The Morgan fingerprint density at radius 3 is 2.67 bits per heavy atom. The summed E-state index contributed by atoms with van der Waals surface area (Å²) < 4.78 is 31.4. The van der Waals surface area contributed by atoms with Crippen molar-refractivity contribution in [3.8, 4) is 0 Å². The van der Waals surface area contributed by atoms with Crippen LogP contribution in [0.1, 0.15) is 37.0 Å². The first kappa shape index (κ1) is 14.4. The second kappa shape index (κ2) is 6.33. The van der Waals surface area contributed by atoms with E-state index in [-0.39, 0.29) is 6.61 Å². The highest BCUT2D eigenvalue weighted by molar-refractivity contribution is 5.90. The van der Waals surface area contributed by atoms with E-state index in [1.807, 2.05) is 0 Å². The molecule has 1 aromatic rings. The third-order valence-electron chi connectivity index (χ3n) is 2.44. The van der Waals surface area contributed by atoms with Crippen LogP contribution in [-0.2, 0) is 4.74 Å². The molecule has 0 saturated carbocycles. The van der Waals surface area contributed by atoms with E-state index in [1.165, 1.54) is 0 Å². The van der Waals surface area contributed by atoms with Crippen molar-refractivity contribution in [1.82, 2.24) is 0 Å². The molecule has 5 heteroatoms. The van der Waals surface area contributed by atoms with Gasteiger partial charge in [-0.1, -0.05) is 13.8 Å². The molecule has 0 aliphatic carbocycles. The summed E-state index contributed by atoms with van der Waals surface area (Å²) in [6.07, 6.45) is 1.59. The van der Waals surface area contributed by atoms with Gasteiger partial charge in [0.2, 0.25) is 0 Å². The lowest BCUT2D eigenvalue weighted by Crippen LogP contribution is -2.11. The van der Waals surface area contributed by atoms with E-state index in [1.54, 1.807) is 0 Å². The first-order valence-electron chi connectivity index (χ1n) is 5.83. The summed E-state index contributed by atoms with van der Waals surface area (Å²) in [6.45, 7) is 4.29. The van der Waals surface area contributed by atoms with Crippen LogP contribution in [0.4, 0.5) is 14.5 Å². The SMILES string of the molecule is CC(C)CCCOC(=O)c1cc(F)cc(N)c1F. The Hall–Kier alpha value is -1.65. The van der Waals surface area contributed by atoms with Gasteiger partial charge in [-0.05, 0) is 30.9 Å². The highest BCUT2D eigenvalue weighted by Gasteiger charge is 2.17. The lowest BCUT2D eigenvalue weighted by molar-refractivity contribution is 0.0489. The molecule has 3 nitrogen and oxygen atoms in total. The van der Waals surface area contributed by atoms with E-state index in [4.69, 9.17) is 10.5 Å².